The third kappa shape index (κ3) is 5.68. The summed E-state index contributed by atoms with van der Waals surface area (Å²) in [4.78, 5) is 23.5. The van der Waals surface area contributed by atoms with Crippen molar-refractivity contribution in [3.63, 3.8) is 0 Å². The molecule has 0 unspecified atom stereocenters. The van der Waals surface area contributed by atoms with Crippen molar-refractivity contribution in [3.8, 4) is 0 Å². The second kappa shape index (κ2) is 9.69. The zero-order valence-electron chi connectivity index (χ0n) is 13.5. The zero-order chi connectivity index (χ0) is 17.2. The van der Waals surface area contributed by atoms with Crippen molar-refractivity contribution in [3.05, 3.63) is 48.0 Å². The fourth-order valence-corrected chi connectivity index (χ4v) is 2.17. The molecule has 2 rings (SSSR count). The SMILES string of the molecule is COCOC/C=C\C[C@H](OC(=O)c1ccccc1)[C@H]1COC(=O)N1. The van der Waals surface area contributed by atoms with E-state index >= 15 is 0 Å². The van der Waals surface area contributed by atoms with Gasteiger partial charge in [-0.3, -0.25) is 0 Å². The number of hydrogen-bond donors (Lipinski definition) is 1. The summed E-state index contributed by atoms with van der Waals surface area (Å²) < 4.78 is 20.4. The van der Waals surface area contributed by atoms with Crippen LogP contribution in [0.2, 0.25) is 0 Å². The highest BCUT2D eigenvalue weighted by atomic mass is 16.7. The topological polar surface area (TPSA) is 83.1 Å². The van der Waals surface area contributed by atoms with Gasteiger partial charge in [-0.2, -0.15) is 0 Å². The summed E-state index contributed by atoms with van der Waals surface area (Å²) in [5.41, 5.74) is 0.458. The fraction of sp³-hybridized carbons (Fsp3) is 0.412. The monoisotopic (exact) mass is 335 g/mol. The molecule has 1 aromatic rings. The van der Waals surface area contributed by atoms with Crippen molar-refractivity contribution in [2.45, 2.75) is 18.6 Å². The van der Waals surface area contributed by atoms with Gasteiger partial charge in [-0.15, -0.1) is 0 Å². The van der Waals surface area contributed by atoms with E-state index in [9.17, 15) is 9.59 Å². The minimum absolute atomic E-state index is 0.166. The Morgan fingerprint density at radius 2 is 2.17 bits per heavy atom. The molecule has 1 fully saturated rings. The van der Waals surface area contributed by atoms with Crippen LogP contribution < -0.4 is 5.32 Å². The van der Waals surface area contributed by atoms with E-state index in [-0.39, 0.29) is 19.4 Å². The van der Waals surface area contributed by atoms with Crippen LogP contribution in [0.5, 0.6) is 0 Å². The van der Waals surface area contributed by atoms with Gasteiger partial charge >= 0.3 is 12.1 Å². The molecule has 1 aliphatic heterocycles. The average Bonchev–Trinajstić information content (AvgIpc) is 3.04. The highest BCUT2D eigenvalue weighted by Gasteiger charge is 2.32. The molecule has 1 heterocycles. The van der Waals surface area contributed by atoms with Crippen molar-refractivity contribution < 1.29 is 28.5 Å². The van der Waals surface area contributed by atoms with Crippen LogP contribution in [0.3, 0.4) is 0 Å². The maximum absolute atomic E-state index is 12.2. The highest BCUT2D eigenvalue weighted by molar-refractivity contribution is 5.89. The van der Waals surface area contributed by atoms with Gasteiger partial charge < -0.3 is 24.3 Å². The molecular weight excluding hydrogens is 314 g/mol. The Balaban J connectivity index is 1.92. The number of amides is 1. The number of carbonyl (C=O) groups is 2. The Morgan fingerprint density at radius 3 is 2.83 bits per heavy atom. The maximum atomic E-state index is 12.2. The summed E-state index contributed by atoms with van der Waals surface area (Å²) in [6.45, 7) is 0.767. The van der Waals surface area contributed by atoms with Gasteiger partial charge in [0.2, 0.25) is 0 Å². The van der Waals surface area contributed by atoms with Crippen LogP contribution >= 0.6 is 0 Å². The van der Waals surface area contributed by atoms with E-state index in [0.717, 1.165) is 0 Å². The van der Waals surface area contributed by atoms with E-state index in [1.807, 2.05) is 12.1 Å². The number of carbonyl (C=O) groups excluding carboxylic acids is 2. The summed E-state index contributed by atoms with van der Waals surface area (Å²) in [6, 6.07) is 8.32. The number of methoxy groups -OCH3 is 1. The van der Waals surface area contributed by atoms with Gasteiger partial charge in [0.25, 0.3) is 0 Å². The molecule has 7 nitrogen and oxygen atoms in total. The molecule has 0 saturated carbocycles. The lowest BCUT2D eigenvalue weighted by Crippen LogP contribution is -2.40. The highest BCUT2D eigenvalue weighted by Crippen LogP contribution is 2.14. The number of cyclic esters (lactones) is 1. The molecule has 0 spiro atoms. The van der Waals surface area contributed by atoms with Gasteiger partial charge in [0.05, 0.1) is 12.2 Å². The first-order valence-electron chi connectivity index (χ1n) is 7.61. The minimum atomic E-state index is -0.525. The quantitative estimate of drug-likeness (QED) is 0.321. The van der Waals surface area contributed by atoms with Crippen LogP contribution in [-0.2, 0) is 18.9 Å². The predicted octanol–water partition coefficient (Wildman–Crippen LogP) is 1.89. The molecule has 0 aliphatic carbocycles. The lowest BCUT2D eigenvalue weighted by Gasteiger charge is -2.21. The number of ether oxygens (including phenoxy) is 4. The summed E-state index contributed by atoms with van der Waals surface area (Å²) in [5.74, 6) is -0.439. The first-order chi connectivity index (χ1) is 11.7. The third-order valence-corrected chi connectivity index (χ3v) is 3.36. The number of rotatable bonds is 9. The lowest BCUT2D eigenvalue weighted by molar-refractivity contribution is -0.0187. The lowest BCUT2D eigenvalue weighted by atomic mass is 10.1. The van der Waals surface area contributed by atoms with E-state index < -0.39 is 18.2 Å². The fourth-order valence-electron chi connectivity index (χ4n) is 2.17. The van der Waals surface area contributed by atoms with Crippen molar-refractivity contribution in [2.75, 3.05) is 27.1 Å². The summed E-state index contributed by atoms with van der Waals surface area (Å²) in [5, 5.41) is 2.65. The second-order valence-corrected chi connectivity index (χ2v) is 5.14. The predicted molar refractivity (Wildman–Crippen MR) is 85.5 cm³/mol. The molecule has 0 bridgehead atoms. The van der Waals surface area contributed by atoms with Gasteiger partial charge in [0.15, 0.2) is 0 Å². The van der Waals surface area contributed by atoms with E-state index in [1.54, 1.807) is 37.5 Å². The molecule has 1 N–H and O–H groups in total. The Hall–Kier alpha value is -2.38. The van der Waals surface area contributed by atoms with Gasteiger partial charge in [-0.25, -0.2) is 9.59 Å². The second-order valence-electron chi connectivity index (χ2n) is 5.14. The minimum Gasteiger partial charge on any atom is -0.456 e. The van der Waals surface area contributed by atoms with E-state index in [4.69, 9.17) is 18.9 Å². The van der Waals surface area contributed by atoms with Gasteiger partial charge in [0, 0.05) is 13.5 Å². The summed E-state index contributed by atoms with van der Waals surface area (Å²) in [6.07, 6.45) is 3.04. The molecule has 0 radical (unpaired) electrons. The molecule has 7 heteroatoms. The Kier molecular flexibility index (Phi) is 7.25. The molecule has 1 aromatic carbocycles. The standard InChI is InChI=1S/C17H21NO6/c1-21-12-22-10-6-5-9-15(14-11-23-17(20)18-14)24-16(19)13-7-3-2-4-8-13/h2-8,14-15H,9-12H2,1H3,(H,18,20)/b6-5-/t14-,15+/m1/s1. The molecule has 0 aromatic heterocycles. The van der Waals surface area contributed by atoms with Gasteiger partial charge in [-0.05, 0) is 12.1 Å². The van der Waals surface area contributed by atoms with Crippen LogP contribution in [0.1, 0.15) is 16.8 Å². The molecule has 1 aliphatic rings. The van der Waals surface area contributed by atoms with Crippen molar-refractivity contribution in [1.29, 1.82) is 0 Å². The summed E-state index contributed by atoms with van der Waals surface area (Å²) in [7, 11) is 1.55. The molecule has 1 amide bonds. The van der Waals surface area contributed by atoms with E-state index in [1.165, 1.54) is 0 Å². The smallest absolute Gasteiger partial charge is 0.407 e. The van der Waals surface area contributed by atoms with Crippen LogP contribution in [0, 0.1) is 0 Å². The van der Waals surface area contributed by atoms with Crippen LogP contribution in [0.15, 0.2) is 42.5 Å². The normalized spacial score (nSPS) is 18.2. The van der Waals surface area contributed by atoms with E-state index in [2.05, 4.69) is 5.32 Å². The Labute approximate surface area is 140 Å². The molecule has 24 heavy (non-hydrogen) atoms. The molecule has 130 valence electrons. The first-order valence-corrected chi connectivity index (χ1v) is 7.61. The number of nitrogens with one attached hydrogen (secondary N) is 1. The molecule has 2 atom stereocenters. The van der Waals surface area contributed by atoms with Gasteiger partial charge in [-0.1, -0.05) is 30.4 Å². The summed E-state index contributed by atoms with van der Waals surface area (Å²) >= 11 is 0. The van der Waals surface area contributed by atoms with Crippen LogP contribution in [0.4, 0.5) is 4.79 Å². The largest absolute Gasteiger partial charge is 0.456 e. The number of alkyl carbamates (subject to hydrolysis) is 1. The van der Waals surface area contributed by atoms with Crippen molar-refractivity contribution in [2.24, 2.45) is 0 Å². The van der Waals surface area contributed by atoms with Gasteiger partial charge in [0.1, 0.15) is 25.5 Å². The molecular formula is C17H21NO6. The average molecular weight is 335 g/mol. The first kappa shape index (κ1) is 18.0. The maximum Gasteiger partial charge on any atom is 0.407 e. The zero-order valence-corrected chi connectivity index (χ0v) is 13.5. The van der Waals surface area contributed by atoms with Crippen LogP contribution in [-0.4, -0.2) is 51.3 Å². The van der Waals surface area contributed by atoms with Crippen molar-refractivity contribution in [1.82, 2.24) is 5.32 Å². The third-order valence-electron chi connectivity index (χ3n) is 3.36. The molecule has 1 saturated heterocycles. The van der Waals surface area contributed by atoms with Crippen molar-refractivity contribution >= 4 is 12.1 Å². The Morgan fingerprint density at radius 1 is 1.38 bits per heavy atom. The number of benzene rings is 1. The number of esters is 1. The number of hydrogen-bond acceptors (Lipinski definition) is 6. The van der Waals surface area contributed by atoms with E-state index in [0.29, 0.717) is 18.6 Å². The van der Waals surface area contributed by atoms with Crippen LogP contribution in [0.25, 0.3) is 0 Å². The Bertz CT molecular complexity index is 559.